The van der Waals surface area contributed by atoms with Gasteiger partial charge in [-0.3, -0.25) is 15.3 Å². The molecular formula is C18H16N6O2S. The minimum atomic E-state index is -0.139. The Morgan fingerprint density at radius 1 is 1.37 bits per heavy atom. The second-order valence-corrected chi connectivity index (χ2v) is 7.35. The Balaban J connectivity index is 1.33. The van der Waals surface area contributed by atoms with Crippen molar-refractivity contribution in [2.75, 3.05) is 19.7 Å². The summed E-state index contributed by atoms with van der Waals surface area (Å²) in [6.07, 6.45) is 4.88. The first-order chi connectivity index (χ1) is 13.3. The smallest absolute Gasteiger partial charge is 0.275 e. The monoisotopic (exact) mass is 380 g/mol. The summed E-state index contributed by atoms with van der Waals surface area (Å²) < 4.78 is 5.96. The van der Waals surface area contributed by atoms with Crippen molar-refractivity contribution >= 4 is 38.4 Å². The summed E-state index contributed by atoms with van der Waals surface area (Å²) in [6.45, 7) is 1.74. The molecule has 5 rings (SSSR count). The number of rotatable bonds is 3. The second-order valence-electron chi connectivity index (χ2n) is 6.32. The third-order valence-electron chi connectivity index (χ3n) is 4.61. The van der Waals surface area contributed by atoms with Crippen molar-refractivity contribution in [1.29, 1.82) is 0 Å². The number of hydrogen-bond acceptors (Lipinski definition) is 7. The number of carbonyl (C=O) groups excluding carboxylic acids is 1. The number of aromatic nitrogens is 4. The lowest BCUT2D eigenvalue weighted by molar-refractivity contribution is -0.0443. The molecule has 1 aromatic carbocycles. The van der Waals surface area contributed by atoms with Crippen LogP contribution in [0.15, 0.2) is 43.0 Å². The van der Waals surface area contributed by atoms with E-state index in [-0.39, 0.29) is 12.0 Å². The van der Waals surface area contributed by atoms with E-state index in [1.807, 2.05) is 35.5 Å². The van der Waals surface area contributed by atoms with Gasteiger partial charge in [0.05, 0.1) is 29.3 Å². The minimum absolute atomic E-state index is 0.131. The lowest BCUT2D eigenvalue weighted by atomic mass is 10.0. The van der Waals surface area contributed by atoms with E-state index in [1.54, 1.807) is 6.20 Å². The molecule has 1 amide bonds. The molecule has 0 spiro atoms. The number of ether oxygens (including phenoxy) is 1. The molecule has 4 heterocycles. The van der Waals surface area contributed by atoms with Gasteiger partial charge in [-0.1, -0.05) is 12.1 Å². The molecule has 4 aromatic rings. The lowest BCUT2D eigenvalue weighted by Crippen LogP contribution is -2.49. The van der Waals surface area contributed by atoms with Gasteiger partial charge < -0.3 is 4.74 Å². The Labute approximate surface area is 158 Å². The fourth-order valence-corrected chi connectivity index (χ4v) is 4.17. The maximum Gasteiger partial charge on any atom is 0.275 e. The van der Waals surface area contributed by atoms with E-state index in [4.69, 9.17) is 4.74 Å². The Hall–Kier alpha value is -2.88. The number of amides is 1. The van der Waals surface area contributed by atoms with E-state index in [2.05, 4.69) is 25.6 Å². The third kappa shape index (κ3) is 3.05. The summed E-state index contributed by atoms with van der Waals surface area (Å²) >= 11 is 1.36. The molecule has 0 aliphatic carbocycles. The molecule has 1 aliphatic rings. The summed E-state index contributed by atoms with van der Waals surface area (Å²) in [5.74, 6) is -0.139. The highest BCUT2D eigenvalue weighted by Crippen LogP contribution is 2.28. The molecule has 136 valence electrons. The Kier molecular flexibility index (Phi) is 4.04. The SMILES string of the molecule is O=C(NN1CCOC(c2cccc3[nH]ncc23)C1)c1cc2cncnc2s1. The van der Waals surface area contributed by atoms with Gasteiger partial charge in [0.2, 0.25) is 0 Å². The molecular weight excluding hydrogens is 364 g/mol. The van der Waals surface area contributed by atoms with E-state index in [9.17, 15) is 4.79 Å². The van der Waals surface area contributed by atoms with Gasteiger partial charge in [-0.2, -0.15) is 5.10 Å². The molecule has 8 nitrogen and oxygen atoms in total. The first kappa shape index (κ1) is 16.3. The van der Waals surface area contributed by atoms with Gasteiger partial charge in [-0.25, -0.2) is 15.0 Å². The highest BCUT2D eigenvalue weighted by atomic mass is 32.1. The normalized spacial score (nSPS) is 18.1. The molecule has 0 radical (unpaired) electrons. The van der Waals surface area contributed by atoms with E-state index < -0.39 is 0 Å². The number of aromatic amines is 1. The maximum atomic E-state index is 12.7. The van der Waals surface area contributed by atoms with Gasteiger partial charge >= 0.3 is 0 Å². The predicted octanol–water partition coefficient (Wildman–Crippen LogP) is 2.29. The summed E-state index contributed by atoms with van der Waals surface area (Å²) in [4.78, 5) is 22.3. The summed E-state index contributed by atoms with van der Waals surface area (Å²) in [5.41, 5.74) is 5.03. The van der Waals surface area contributed by atoms with Gasteiger partial charge in [0.25, 0.3) is 5.91 Å². The summed E-state index contributed by atoms with van der Waals surface area (Å²) in [7, 11) is 0. The highest BCUT2D eigenvalue weighted by molar-refractivity contribution is 7.20. The number of thiophene rings is 1. The molecule has 0 saturated carbocycles. The van der Waals surface area contributed by atoms with Crippen LogP contribution in [0, 0.1) is 0 Å². The number of morpholine rings is 1. The zero-order chi connectivity index (χ0) is 18.2. The van der Waals surface area contributed by atoms with Crippen LogP contribution < -0.4 is 5.43 Å². The van der Waals surface area contributed by atoms with Crippen molar-refractivity contribution in [3.63, 3.8) is 0 Å². The summed E-state index contributed by atoms with van der Waals surface area (Å²) in [5, 5.41) is 10.9. The zero-order valence-electron chi connectivity index (χ0n) is 14.3. The average molecular weight is 380 g/mol. The number of carbonyl (C=O) groups is 1. The molecule has 3 aromatic heterocycles. The number of nitrogens with zero attached hydrogens (tertiary/aromatic N) is 4. The first-order valence-electron chi connectivity index (χ1n) is 8.57. The van der Waals surface area contributed by atoms with Crippen molar-refractivity contribution in [3.05, 3.63) is 53.4 Å². The van der Waals surface area contributed by atoms with Crippen LogP contribution in [-0.4, -0.2) is 50.8 Å². The molecule has 0 bridgehead atoms. The van der Waals surface area contributed by atoms with Gasteiger partial charge in [0.15, 0.2) is 0 Å². The van der Waals surface area contributed by atoms with Crippen LogP contribution in [0.1, 0.15) is 21.3 Å². The largest absolute Gasteiger partial charge is 0.371 e. The summed E-state index contributed by atoms with van der Waals surface area (Å²) in [6, 6.07) is 7.82. The van der Waals surface area contributed by atoms with Crippen LogP contribution in [0.25, 0.3) is 21.1 Å². The Morgan fingerprint density at radius 2 is 2.33 bits per heavy atom. The topological polar surface area (TPSA) is 96.0 Å². The fraction of sp³-hybridized carbons (Fsp3) is 0.222. The Morgan fingerprint density at radius 3 is 3.26 bits per heavy atom. The Bertz CT molecular complexity index is 1090. The number of hydrogen-bond donors (Lipinski definition) is 2. The lowest BCUT2D eigenvalue weighted by Gasteiger charge is -2.33. The van der Waals surface area contributed by atoms with Crippen molar-refractivity contribution in [2.45, 2.75) is 6.10 Å². The van der Waals surface area contributed by atoms with Crippen molar-refractivity contribution in [1.82, 2.24) is 30.6 Å². The van der Waals surface area contributed by atoms with Crippen molar-refractivity contribution in [2.24, 2.45) is 0 Å². The standard InChI is InChI=1S/C18H16N6O2S/c25-17(16-6-11-7-19-10-20-18(11)27-16)23-24-4-5-26-15(9-24)12-2-1-3-14-13(12)8-21-22-14/h1-3,6-8,10,15H,4-5,9H2,(H,21,22)(H,23,25). The van der Waals surface area contributed by atoms with E-state index in [0.717, 1.165) is 26.7 Å². The number of H-pyrrole nitrogens is 1. The molecule has 9 heteroatoms. The van der Waals surface area contributed by atoms with Gasteiger partial charge in [-0.15, -0.1) is 11.3 Å². The molecule has 1 saturated heterocycles. The van der Waals surface area contributed by atoms with Gasteiger partial charge in [-0.05, 0) is 17.7 Å². The number of hydrazine groups is 1. The number of benzene rings is 1. The van der Waals surface area contributed by atoms with Crippen LogP contribution in [0.5, 0.6) is 0 Å². The van der Waals surface area contributed by atoms with Crippen LogP contribution in [-0.2, 0) is 4.74 Å². The van der Waals surface area contributed by atoms with Crippen LogP contribution in [0.3, 0.4) is 0 Å². The zero-order valence-corrected chi connectivity index (χ0v) is 15.1. The number of fused-ring (bicyclic) bond motifs is 2. The van der Waals surface area contributed by atoms with Crippen LogP contribution in [0.2, 0.25) is 0 Å². The third-order valence-corrected chi connectivity index (χ3v) is 5.67. The number of nitrogens with one attached hydrogen (secondary N) is 2. The minimum Gasteiger partial charge on any atom is -0.371 e. The molecule has 1 fully saturated rings. The van der Waals surface area contributed by atoms with E-state index >= 15 is 0 Å². The predicted molar refractivity (Wildman–Crippen MR) is 101 cm³/mol. The van der Waals surface area contributed by atoms with Gasteiger partial charge in [0, 0.05) is 30.1 Å². The maximum absolute atomic E-state index is 12.7. The van der Waals surface area contributed by atoms with Gasteiger partial charge in [0.1, 0.15) is 11.2 Å². The fourth-order valence-electron chi connectivity index (χ4n) is 3.31. The highest BCUT2D eigenvalue weighted by Gasteiger charge is 2.25. The van der Waals surface area contributed by atoms with Crippen LogP contribution >= 0.6 is 11.3 Å². The van der Waals surface area contributed by atoms with Crippen molar-refractivity contribution < 1.29 is 9.53 Å². The molecule has 2 N–H and O–H groups in total. The van der Waals surface area contributed by atoms with Crippen molar-refractivity contribution in [3.8, 4) is 0 Å². The van der Waals surface area contributed by atoms with E-state index in [1.165, 1.54) is 17.7 Å². The quantitative estimate of drug-likeness (QED) is 0.566. The van der Waals surface area contributed by atoms with Crippen LogP contribution in [0.4, 0.5) is 0 Å². The molecule has 1 atom stereocenters. The second kappa shape index (κ2) is 6.69. The van der Waals surface area contributed by atoms with E-state index in [0.29, 0.717) is 24.6 Å². The average Bonchev–Trinajstić information content (AvgIpc) is 3.34. The first-order valence-corrected chi connectivity index (χ1v) is 9.38. The molecule has 27 heavy (non-hydrogen) atoms. The molecule has 1 aliphatic heterocycles. The molecule has 1 unspecified atom stereocenters.